The van der Waals surface area contributed by atoms with Crippen molar-refractivity contribution in [1.29, 1.82) is 0 Å². The van der Waals surface area contributed by atoms with Crippen LogP contribution in [0.15, 0.2) is 46.9 Å². The fourth-order valence-corrected chi connectivity index (χ4v) is 4.70. The minimum Gasteiger partial charge on any atom is -0.352 e. The lowest BCUT2D eigenvalue weighted by Crippen LogP contribution is -2.52. The van der Waals surface area contributed by atoms with Gasteiger partial charge in [-0.1, -0.05) is 46.6 Å². The lowest BCUT2D eigenvalue weighted by Gasteiger charge is -2.32. The summed E-state index contributed by atoms with van der Waals surface area (Å²) in [7, 11) is -4.25. The fraction of sp³-hybridized carbons (Fsp3) is 0.417. The highest BCUT2D eigenvalue weighted by atomic mass is 79.9. The third-order valence-corrected chi connectivity index (χ3v) is 7.63. The third-order valence-electron chi connectivity index (χ3n) is 5.66. The molecule has 0 aromatic heterocycles. The molecule has 0 unspecified atom stereocenters. The minimum absolute atomic E-state index is 0.0465. The van der Waals surface area contributed by atoms with E-state index >= 15 is 0 Å². The highest BCUT2D eigenvalue weighted by Gasteiger charge is 2.34. The molecule has 0 aliphatic carbocycles. The largest absolute Gasteiger partial charge is 0.416 e. The zero-order chi connectivity index (χ0) is 28.1. The van der Waals surface area contributed by atoms with Crippen molar-refractivity contribution < 1.29 is 31.2 Å². The van der Waals surface area contributed by atoms with Gasteiger partial charge in [-0.2, -0.15) is 13.2 Å². The summed E-state index contributed by atoms with van der Waals surface area (Å²) in [5.74, 6) is -1.25. The van der Waals surface area contributed by atoms with Gasteiger partial charge in [0, 0.05) is 17.1 Å². The zero-order valence-corrected chi connectivity index (χ0v) is 23.8. The van der Waals surface area contributed by atoms with Crippen LogP contribution < -0.4 is 9.62 Å². The van der Waals surface area contributed by atoms with Gasteiger partial charge in [0.15, 0.2) is 0 Å². The molecule has 0 radical (unpaired) electrons. The van der Waals surface area contributed by atoms with Gasteiger partial charge in [0.05, 0.1) is 22.5 Å². The van der Waals surface area contributed by atoms with Crippen LogP contribution >= 0.6 is 27.5 Å². The average molecular weight is 627 g/mol. The standard InChI is InChI=1S/C24H28BrClF3N3O4S/c1-5-15(2)30-23(34)16(3)31(13-17-6-9-19(25)10-7-17)22(33)14-32(37(4,35)36)21-12-18(24(27,28)29)8-11-20(21)26/h6-12,15-16H,5,13-14H2,1-4H3,(H,30,34)/t15-,16+/m1/s1. The zero-order valence-electron chi connectivity index (χ0n) is 20.6. The molecule has 13 heteroatoms. The van der Waals surface area contributed by atoms with Crippen molar-refractivity contribution in [3.63, 3.8) is 0 Å². The Hall–Kier alpha value is -2.31. The Balaban J connectivity index is 2.49. The molecule has 0 saturated carbocycles. The first-order valence-electron chi connectivity index (χ1n) is 11.2. The molecular weight excluding hydrogens is 599 g/mol. The second-order valence-electron chi connectivity index (χ2n) is 8.58. The molecule has 0 fully saturated rings. The molecule has 0 aliphatic rings. The van der Waals surface area contributed by atoms with E-state index in [-0.39, 0.29) is 17.6 Å². The van der Waals surface area contributed by atoms with Crippen LogP contribution in [0, 0.1) is 0 Å². The number of hydrogen-bond acceptors (Lipinski definition) is 4. The summed E-state index contributed by atoms with van der Waals surface area (Å²) in [5.41, 5.74) is -0.962. The van der Waals surface area contributed by atoms with Crippen LogP contribution in [-0.4, -0.2) is 50.0 Å². The maximum Gasteiger partial charge on any atom is 0.416 e. The van der Waals surface area contributed by atoms with E-state index in [0.29, 0.717) is 22.4 Å². The van der Waals surface area contributed by atoms with Crippen molar-refractivity contribution in [2.24, 2.45) is 0 Å². The maximum atomic E-state index is 13.5. The average Bonchev–Trinajstić information content (AvgIpc) is 2.80. The first-order valence-corrected chi connectivity index (χ1v) is 14.2. The van der Waals surface area contributed by atoms with E-state index in [4.69, 9.17) is 11.6 Å². The number of alkyl halides is 3. The van der Waals surface area contributed by atoms with Gasteiger partial charge >= 0.3 is 6.18 Å². The molecule has 0 aliphatic heterocycles. The molecule has 0 spiro atoms. The number of nitrogens with zero attached hydrogens (tertiary/aromatic N) is 2. The van der Waals surface area contributed by atoms with E-state index in [2.05, 4.69) is 21.2 Å². The molecule has 2 aromatic carbocycles. The predicted molar refractivity (Wildman–Crippen MR) is 141 cm³/mol. The summed E-state index contributed by atoms with van der Waals surface area (Å²) in [4.78, 5) is 27.6. The van der Waals surface area contributed by atoms with Crippen molar-refractivity contribution in [2.75, 3.05) is 17.1 Å². The Kier molecular flexibility index (Phi) is 10.4. The number of carbonyl (C=O) groups is 2. The maximum absolute atomic E-state index is 13.5. The number of sulfonamides is 1. The van der Waals surface area contributed by atoms with Crippen LogP contribution in [0.1, 0.15) is 38.3 Å². The molecule has 7 nitrogen and oxygen atoms in total. The molecule has 37 heavy (non-hydrogen) atoms. The molecule has 0 saturated heterocycles. The van der Waals surface area contributed by atoms with E-state index in [1.807, 2.05) is 6.92 Å². The Morgan fingerprint density at radius 1 is 1.11 bits per heavy atom. The summed E-state index contributed by atoms with van der Waals surface area (Å²) in [6, 6.07) is 7.97. The van der Waals surface area contributed by atoms with Gasteiger partial charge in [-0.25, -0.2) is 8.42 Å². The monoisotopic (exact) mass is 625 g/mol. The summed E-state index contributed by atoms with van der Waals surface area (Å²) >= 11 is 9.40. The topological polar surface area (TPSA) is 86.8 Å². The van der Waals surface area contributed by atoms with E-state index in [1.54, 1.807) is 31.2 Å². The van der Waals surface area contributed by atoms with Gasteiger partial charge in [-0.05, 0) is 56.2 Å². The number of halogens is 5. The van der Waals surface area contributed by atoms with E-state index in [1.165, 1.54) is 11.8 Å². The number of carbonyl (C=O) groups excluding carboxylic acids is 2. The minimum atomic E-state index is -4.76. The number of hydrogen-bond donors (Lipinski definition) is 1. The van der Waals surface area contributed by atoms with Crippen LogP contribution in [0.5, 0.6) is 0 Å². The smallest absolute Gasteiger partial charge is 0.352 e. The Labute approximate surface area is 228 Å². The summed E-state index contributed by atoms with van der Waals surface area (Å²) < 4.78 is 66.5. The van der Waals surface area contributed by atoms with E-state index < -0.39 is 51.9 Å². The van der Waals surface area contributed by atoms with Gasteiger partial charge < -0.3 is 10.2 Å². The molecule has 2 aromatic rings. The van der Waals surface area contributed by atoms with Crippen LogP contribution in [0.25, 0.3) is 0 Å². The van der Waals surface area contributed by atoms with Gasteiger partial charge in [-0.15, -0.1) is 0 Å². The molecular formula is C24H28BrClF3N3O4S. The molecule has 0 heterocycles. The molecule has 0 bridgehead atoms. The SMILES string of the molecule is CC[C@@H](C)NC(=O)[C@H](C)N(Cc1ccc(Br)cc1)C(=O)CN(c1cc(C(F)(F)F)ccc1Cl)S(C)(=O)=O. The third kappa shape index (κ3) is 8.61. The van der Waals surface area contributed by atoms with Crippen LogP contribution in [0.3, 0.4) is 0 Å². The number of rotatable bonds is 10. The lowest BCUT2D eigenvalue weighted by molar-refractivity contribution is -0.139. The Bertz CT molecular complexity index is 1230. The highest BCUT2D eigenvalue weighted by Crippen LogP contribution is 2.36. The first kappa shape index (κ1) is 30.9. The van der Waals surface area contributed by atoms with Crippen molar-refractivity contribution in [3.05, 3.63) is 63.1 Å². The molecule has 2 rings (SSSR count). The van der Waals surface area contributed by atoms with E-state index in [0.717, 1.165) is 22.9 Å². The normalized spacial score (nSPS) is 13.5. The number of benzene rings is 2. The van der Waals surface area contributed by atoms with Crippen molar-refractivity contribution in [3.8, 4) is 0 Å². The van der Waals surface area contributed by atoms with Crippen molar-refractivity contribution in [1.82, 2.24) is 10.2 Å². The van der Waals surface area contributed by atoms with Gasteiger partial charge in [0.1, 0.15) is 12.6 Å². The summed E-state index contributed by atoms with van der Waals surface area (Å²) in [6.07, 6.45) is -3.35. The molecule has 1 N–H and O–H groups in total. The number of nitrogens with one attached hydrogen (secondary N) is 1. The Morgan fingerprint density at radius 2 is 1.70 bits per heavy atom. The highest BCUT2D eigenvalue weighted by molar-refractivity contribution is 9.10. The molecule has 204 valence electrons. The number of amides is 2. The van der Waals surface area contributed by atoms with Gasteiger partial charge in [0.2, 0.25) is 21.8 Å². The number of anilines is 1. The predicted octanol–water partition coefficient (Wildman–Crippen LogP) is 5.22. The van der Waals surface area contributed by atoms with Gasteiger partial charge in [-0.3, -0.25) is 13.9 Å². The van der Waals surface area contributed by atoms with Gasteiger partial charge in [0.25, 0.3) is 0 Å². The lowest BCUT2D eigenvalue weighted by atomic mass is 10.1. The molecule has 2 amide bonds. The second kappa shape index (κ2) is 12.5. The first-order chi connectivity index (χ1) is 17.0. The summed E-state index contributed by atoms with van der Waals surface area (Å²) in [5, 5.41) is 2.51. The van der Waals surface area contributed by atoms with Crippen LogP contribution in [0.4, 0.5) is 18.9 Å². The van der Waals surface area contributed by atoms with Crippen molar-refractivity contribution in [2.45, 2.75) is 52.0 Å². The molecule has 2 atom stereocenters. The van der Waals surface area contributed by atoms with Crippen LogP contribution in [0.2, 0.25) is 5.02 Å². The quantitative estimate of drug-likeness (QED) is 0.392. The van der Waals surface area contributed by atoms with E-state index in [9.17, 15) is 31.2 Å². The van der Waals surface area contributed by atoms with Crippen LogP contribution in [-0.2, 0) is 32.3 Å². The fourth-order valence-electron chi connectivity index (χ4n) is 3.31. The Morgan fingerprint density at radius 3 is 2.22 bits per heavy atom. The summed E-state index contributed by atoms with van der Waals surface area (Å²) in [6.45, 7) is 4.26. The second-order valence-corrected chi connectivity index (χ2v) is 11.8. The van der Waals surface area contributed by atoms with Crippen molar-refractivity contribution >= 4 is 55.1 Å².